The van der Waals surface area contributed by atoms with Crippen molar-refractivity contribution in [3.8, 4) is 0 Å². The van der Waals surface area contributed by atoms with E-state index in [2.05, 4.69) is 20.2 Å². The largest absolute Gasteiger partial charge is 0.348 e. The van der Waals surface area contributed by atoms with Crippen LogP contribution in [0, 0.1) is 11.7 Å². The Hall–Kier alpha value is -3.34. The Balaban J connectivity index is 1.23. The molecule has 41 heavy (non-hydrogen) atoms. The normalized spacial score (nSPS) is 27.4. The van der Waals surface area contributed by atoms with E-state index in [0.717, 1.165) is 30.8 Å². The van der Waals surface area contributed by atoms with Crippen LogP contribution < -0.4 is 15.1 Å². The average molecular weight is 568 g/mol. The minimum atomic E-state index is -0.910. The number of carbonyl (C=O) groups is 2. The quantitative estimate of drug-likeness (QED) is 0.572. The van der Waals surface area contributed by atoms with E-state index < -0.39 is 18.0 Å². The van der Waals surface area contributed by atoms with Crippen molar-refractivity contribution in [3.63, 3.8) is 0 Å². The molecule has 2 unspecified atom stereocenters. The second kappa shape index (κ2) is 11.2. The van der Waals surface area contributed by atoms with E-state index >= 15 is 0 Å². The Morgan fingerprint density at radius 1 is 1.15 bits per heavy atom. The molecule has 4 aliphatic heterocycles. The molecule has 11 heteroatoms. The van der Waals surface area contributed by atoms with Crippen molar-refractivity contribution in [2.75, 3.05) is 42.5 Å². The summed E-state index contributed by atoms with van der Waals surface area (Å²) >= 11 is 0. The third kappa shape index (κ3) is 5.02. The van der Waals surface area contributed by atoms with Crippen LogP contribution >= 0.6 is 0 Å². The van der Waals surface area contributed by atoms with Crippen LogP contribution in [-0.2, 0) is 4.79 Å². The lowest BCUT2D eigenvalue weighted by Gasteiger charge is -2.45. The highest BCUT2D eigenvalue weighted by atomic mass is 19.1. The second-order valence-corrected chi connectivity index (χ2v) is 12.0. The van der Waals surface area contributed by atoms with Crippen LogP contribution in [0.2, 0.25) is 0 Å². The molecular formula is C30H39F2N7O2. The number of alkyl halides is 1. The summed E-state index contributed by atoms with van der Waals surface area (Å²) in [6, 6.07) is 4.02. The van der Waals surface area contributed by atoms with Gasteiger partial charge in [-0.15, -0.1) is 0 Å². The van der Waals surface area contributed by atoms with Gasteiger partial charge in [0.15, 0.2) is 5.82 Å². The van der Waals surface area contributed by atoms with Crippen LogP contribution in [0.5, 0.6) is 0 Å². The van der Waals surface area contributed by atoms with Gasteiger partial charge in [-0.25, -0.2) is 18.7 Å². The fourth-order valence-corrected chi connectivity index (χ4v) is 7.27. The zero-order valence-electron chi connectivity index (χ0n) is 24.0. The first-order chi connectivity index (χ1) is 19.8. The molecule has 1 aromatic carbocycles. The van der Waals surface area contributed by atoms with Crippen molar-refractivity contribution in [1.82, 2.24) is 25.1 Å². The molecule has 1 N–H and O–H groups in total. The highest BCUT2D eigenvalue weighted by Crippen LogP contribution is 2.40. The van der Waals surface area contributed by atoms with Gasteiger partial charge < -0.3 is 24.9 Å². The van der Waals surface area contributed by atoms with Gasteiger partial charge >= 0.3 is 0 Å². The van der Waals surface area contributed by atoms with Crippen LogP contribution in [0.4, 0.5) is 26.0 Å². The summed E-state index contributed by atoms with van der Waals surface area (Å²) in [6.07, 6.45) is 5.32. The summed E-state index contributed by atoms with van der Waals surface area (Å²) < 4.78 is 29.0. The zero-order chi connectivity index (χ0) is 28.8. The Bertz CT molecular complexity index is 1310. The predicted octanol–water partition coefficient (Wildman–Crippen LogP) is 3.52. The number of nitrogens with zero attached hydrogens (tertiary/aromatic N) is 6. The van der Waals surface area contributed by atoms with Gasteiger partial charge in [0.2, 0.25) is 5.91 Å². The van der Waals surface area contributed by atoms with Crippen LogP contribution in [0.3, 0.4) is 0 Å². The molecule has 3 saturated heterocycles. The number of carbonyl (C=O) groups excluding carboxylic acids is 2. The maximum atomic E-state index is 14.6. The zero-order valence-corrected chi connectivity index (χ0v) is 24.0. The van der Waals surface area contributed by atoms with E-state index in [-0.39, 0.29) is 35.9 Å². The Morgan fingerprint density at radius 2 is 1.98 bits per heavy atom. The van der Waals surface area contributed by atoms with Gasteiger partial charge in [0, 0.05) is 56.8 Å². The van der Waals surface area contributed by atoms with E-state index in [1.165, 1.54) is 18.5 Å². The fraction of sp³-hybridized carbons (Fsp3) is 0.600. The number of anilines is 3. The van der Waals surface area contributed by atoms with Crippen molar-refractivity contribution in [3.05, 3.63) is 42.1 Å². The minimum Gasteiger partial charge on any atom is -0.348 e. The summed E-state index contributed by atoms with van der Waals surface area (Å²) in [5, 5.41) is 3.40. The third-order valence-corrected chi connectivity index (χ3v) is 9.35. The molecule has 220 valence electrons. The van der Waals surface area contributed by atoms with Crippen molar-refractivity contribution >= 4 is 29.0 Å². The van der Waals surface area contributed by atoms with Gasteiger partial charge in [-0.1, -0.05) is 0 Å². The molecule has 1 aliphatic carbocycles. The Kier molecular flexibility index (Phi) is 7.56. The van der Waals surface area contributed by atoms with Crippen LogP contribution in [0.25, 0.3) is 0 Å². The molecule has 1 aromatic heterocycles. The number of likely N-dealkylation sites (tertiary alicyclic amines) is 1. The van der Waals surface area contributed by atoms with Gasteiger partial charge in [-0.3, -0.25) is 9.59 Å². The minimum absolute atomic E-state index is 0.00574. The fourth-order valence-electron chi connectivity index (χ4n) is 7.27. The molecule has 9 nitrogen and oxygen atoms in total. The summed E-state index contributed by atoms with van der Waals surface area (Å²) in [5.74, 6) is -0.191. The SMILES string of the molecule is CCN(C(=O)c1cc(F)ccc1N1CCN(C2CCN(C(=O)[C@H]3NC4CC[C@@H]3[C@H](F)C4)C2)c2ncncc21)C(C)C. The molecule has 4 fully saturated rings. The Labute approximate surface area is 239 Å². The van der Waals surface area contributed by atoms with Crippen molar-refractivity contribution in [2.45, 2.75) is 76.8 Å². The molecule has 5 heterocycles. The highest BCUT2D eigenvalue weighted by molar-refractivity contribution is 6.01. The molecule has 1 saturated carbocycles. The van der Waals surface area contributed by atoms with Crippen LogP contribution in [-0.4, -0.2) is 94.6 Å². The molecule has 5 atom stereocenters. The number of hydrogen-bond acceptors (Lipinski definition) is 7. The van der Waals surface area contributed by atoms with Crippen LogP contribution in [0.1, 0.15) is 56.8 Å². The lowest BCUT2D eigenvalue weighted by Crippen LogP contribution is -2.62. The molecule has 2 aromatic rings. The van der Waals surface area contributed by atoms with E-state index in [0.29, 0.717) is 50.4 Å². The van der Waals surface area contributed by atoms with E-state index in [4.69, 9.17) is 0 Å². The van der Waals surface area contributed by atoms with Crippen molar-refractivity contribution in [1.29, 1.82) is 0 Å². The van der Waals surface area contributed by atoms with Gasteiger partial charge in [0.25, 0.3) is 5.91 Å². The lowest BCUT2D eigenvalue weighted by atomic mass is 9.74. The standard InChI is InChI=1S/C30H39F2N7O2/c1-4-37(18(2)3)29(40)23-13-19(31)5-8-25(23)39-12-11-38(28-26(39)15-33-17-34-28)21-9-10-36(16-21)30(41)27-22-7-6-20(35-27)14-24(22)32/h5,8,13,15,17-18,20-22,24,27,35H,4,6-7,9-12,14,16H2,1-3H3/t20?,21?,22-,24-,27+/m1/s1. The number of halogens is 2. The van der Waals surface area contributed by atoms with Gasteiger partial charge in [0.1, 0.15) is 24.0 Å². The van der Waals surface area contributed by atoms with Gasteiger partial charge in [0.05, 0.1) is 23.5 Å². The summed E-state index contributed by atoms with van der Waals surface area (Å²) in [7, 11) is 0. The number of amides is 2. The van der Waals surface area contributed by atoms with Gasteiger partial charge in [-0.2, -0.15) is 0 Å². The van der Waals surface area contributed by atoms with E-state index in [1.54, 1.807) is 17.2 Å². The predicted molar refractivity (Wildman–Crippen MR) is 153 cm³/mol. The lowest BCUT2D eigenvalue weighted by molar-refractivity contribution is -0.137. The third-order valence-electron chi connectivity index (χ3n) is 9.35. The number of fused-ring (bicyclic) bond motifs is 4. The average Bonchev–Trinajstić information content (AvgIpc) is 3.46. The molecule has 5 aliphatic rings. The summed E-state index contributed by atoms with van der Waals surface area (Å²) in [5.41, 5.74) is 1.67. The monoisotopic (exact) mass is 567 g/mol. The molecular weight excluding hydrogens is 528 g/mol. The Morgan fingerprint density at radius 3 is 2.71 bits per heavy atom. The number of nitrogens with one attached hydrogen (secondary N) is 1. The topological polar surface area (TPSA) is 84.9 Å². The second-order valence-electron chi connectivity index (χ2n) is 12.0. The number of rotatable bonds is 6. The maximum Gasteiger partial charge on any atom is 0.256 e. The number of benzene rings is 1. The number of piperidine rings is 2. The molecule has 2 amide bonds. The van der Waals surface area contributed by atoms with Crippen molar-refractivity contribution < 1.29 is 18.4 Å². The molecule has 0 radical (unpaired) electrons. The van der Waals surface area contributed by atoms with E-state index in [1.807, 2.05) is 30.6 Å². The smallest absolute Gasteiger partial charge is 0.256 e. The maximum absolute atomic E-state index is 14.6. The first kappa shape index (κ1) is 27.8. The molecule has 0 spiro atoms. The van der Waals surface area contributed by atoms with Crippen LogP contribution in [0.15, 0.2) is 30.7 Å². The first-order valence-corrected chi connectivity index (χ1v) is 14.9. The van der Waals surface area contributed by atoms with E-state index in [9.17, 15) is 18.4 Å². The summed E-state index contributed by atoms with van der Waals surface area (Å²) in [4.78, 5) is 43.8. The molecule has 7 rings (SSSR count). The first-order valence-electron chi connectivity index (χ1n) is 14.9. The van der Waals surface area contributed by atoms with Gasteiger partial charge in [-0.05, 0) is 64.7 Å². The van der Waals surface area contributed by atoms with Crippen molar-refractivity contribution in [2.24, 2.45) is 5.92 Å². The number of hydrogen-bond donors (Lipinski definition) is 1. The molecule has 2 bridgehead atoms. The number of aromatic nitrogens is 2. The highest BCUT2D eigenvalue weighted by Gasteiger charge is 2.47. The summed E-state index contributed by atoms with van der Waals surface area (Å²) in [6.45, 7) is 8.65.